The molecule has 1 amide bonds. The van der Waals surface area contributed by atoms with E-state index in [0.717, 1.165) is 35.3 Å². The molecule has 152 valence electrons. The second kappa shape index (κ2) is 7.43. The van der Waals surface area contributed by atoms with Crippen molar-refractivity contribution in [1.29, 1.82) is 0 Å². The summed E-state index contributed by atoms with van der Waals surface area (Å²) in [6.07, 6.45) is 5.79. The van der Waals surface area contributed by atoms with Crippen LogP contribution in [0.15, 0.2) is 42.7 Å². The van der Waals surface area contributed by atoms with Crippen molar-refractivity contribution >= 4 is 5.91 Å². The molecule has 6 heteroatoms. The Morgan fingerprint density at radius 2 is 2.17 bits per heavy atom. The van der Waals surface area contributed by atoms with Crippen LogP contribution in [0, 0.1) is 6.92 Å². The summed E-state index contributed by atoms with van der Waals surface area (Å²) in [5, 5.41) is 0. The second-order valence-electron chi connectivity index (χ2n) is 8.44. The fourth-order valence-corrected chi connectivity index (χ4v) is 4.58. The van der Waals surface area contributed by atoms with E-state index < -0.39 is 6.10 Å². The van der Waals surface area contributed by atoms with E-state index in [-0.39, 0.29) is 17.6 Å². The summed E-state index contributed by atoms with van der Waals surface area (Å²) in [6, 6.07) is 9.97. The van der Waals surface area contributed by atoms with Crippen molar-refractivity contribution in [2.24, 2.45) is 0 Å². The molecule has 0 unspecified atom stereocenters. The van der Waals surface area contributed by atoms with Crippen molar-refractivity contribution in [2.75, 3.05) is 19.7 Å². The summed E-state index contributed by atoms with van der Waals surface area (Å²) in [4.78, 5) is 18.9. The Labute approximate surface area is 170 Å². The van der Waals surface area contributed by atoms with Gasteiger partial charge in [0, 0.05) is 31.8 Å². The molecule has 2 aromatic rings. The molecular weight excluding hydrogens is 368 g/mol. The number of hydrogen-bond acceptors (Lipinski definition) is 5. The van der Waals surface area contributed by atoms with Gasteiger partial charge in [-0.2, -0.15) is 0 Å². The molecule has 0 saturated carbocycles. The number of aromatic nitrogens is 1. The molecule has 5 rings (SSSR count). The first kappa shape index (κ1) is 18.6. The van der Waals surface area contributed by atoms with Gasteiger partial charge in [-0.1, -0.05) is 24.3 Å². The number of benzene rings is 1. The van der Waals surface area contributed by atoms with Crippen LogP contribution in [0.5, 0.6) is 5.75 Å². The van der Waals surface area contributed by atoms with Gasteiger partial charge in [0.1, 0.15) is 11.4 Å². The summed E-state index contributed by atoms with van der Waals surface area (Å²) in [6.45, 7) is 4.50. The molecule has 1 aromatic carbocycles. The maximum absolute atomic E-state index is 12.9. The van der Waals surface area contributed by atoms with Crippen LogP contribution in [-0.4, -0.2) is 53.3 Å². The normalized spacial score (nSPS) is 24.7. The Morgan fingerprint density at radius 3 is 3.00 bits per heavy atom. The molecule has 0 bridgehead atoms. The minimum atomic E-state index is -0.408. The van der Waals surface area contributed by atoms with Gasteiger partial charge >= 0.3 is 0 Å². The third kappa shape index (κ3) is 3.74. The zero-order valence-corrected chi connectivity index (χ0v) is 16.7. The van der Waals surface area contributed by atoms with Gasteiger partial charge < -0.3 is 19.1 Å². The number of carbonyl (C=O) groups is 1. The third-order valence-corrected chi connectivity index (χ3v) is 6.06. The first-order valence-electron chi connectivity index (χ1n) is 10.3. The third-order valence-electron chi connectivity index (χ3n) is 6.06. The fraction of sp³-hybridized carbons (Fsp3) is 0.478. The fourth-order valence-electron chi connectivity index (χ4n) is 4.58. The Kier molecular flexibility index (Phi) is 4.76. The number of carbonyl (C=O) groups excluding carboxylic acids is 1. The smallest absolute Gasteiger partial charge is 0.264 e. The van der Waals surface area contributed by atoms with Crippen LogP contribution in [0.3, 0.4) is 0 Å². The van der Waals surface area contributed by atoms with E-state index in [2.05, 4.69) is 11.1 Å². The largest absolute Gasteiger partial charge is 0.480 e. The Bertz CT molecular complexity index is 884. The standard InChI is InChI=1S/C23H26N2O4/c1-16-8-17(12-24-11-16)13-27-19-6-7-28-23(10-19)14-25(15-23)22(26)21-9-18-4-2-3-5-20(18)29-21/h2-5,8,11-12,19,21H,6-7,9-10,13-15H2,1H3/t19-,21-/m1/s1. The van der Waals surface area contributed by atoms with Gasteiger partial charge in [0.25, 0.3) is 5.91 Å². The Morgan fingerprint density at radius 1 is 1.31 bits per heavy atom. The van der Waals surface area contributed by atoms with Gasteiger partial charge in [0.2, 0.25) is 0 Å². The van der Waals surface area contributed by atoms with Gasteiger partial charge in [-0.25, -0.2) is 0 Å². The monoisotopic (exact) mass is 394 g/mol. The highest BCUT2D eigenvalue weighted by molar-refractivity contribution is 5.83. The number of amides is 1. The molecule has 2 saturated heterocycles. The lowest BCUT2D eigenvalue weighted by molar-refractivity contribution is -0.205. The maximum Gasteiger partial charge on any atom is 0.264 e. The van der Waals surface area contributed by atoms with E-state index in [1.165, 1.54) is 0 Å². The topological polar surface area (TPSA) is 60.9 Å². The van der Waals surface area contributed by atoms with Crippen LogP contribution in [0.4, 0.5) is 0 Å². The lowest BCUT2D eigenvalue weighted by Gasteiger charge is -2.53. The number of hydrogen-bond donors (Lipinski definition) is 0. The molecule has 29 heavy (non-hydrogen) atoms. The highest BCUT2D eigenvalue weighted by Crippen LogP contribution is 2.37. The Hall–Kier alpha value is -2.44. The van der Waals surface area contributed by atoms with Crippen molar-refractivity contribution in [3.63, 3.8) is 0 Å². The first-order valence-corrected chi connectivity index (χ1v) is 10.3. The van der Waals surface area contributed by atoms with E-state index in [4.69, 9.17) is 14.2 Å². The quantitative estimate of drug-likeness (QED) is 0.798. The molecule has 3 aliphatic heterocycles. The molecule has 2 fully saturated rings. The maximum atomic E-state index is 12.9. The van der Waals surface area contributed by atoms with Crippen LogP contribution >= 0.6 is 0 Å². The van der Waals surface area contributed by atoms with E-state index in [0.29, 0.717) is 32.7 Å². The van der Waals surface area contributed by atoms with Gasteiger partial charge in [-0.05, 0) is 36.1 Å². The van der Waals surface area contributed by atoms with Gasteiger partial charge in [-0.3, -0.25) is 9.78 Å². The van der Waals surface area contributed by atoms with Crippen molar-refractivity contribution in [3.8, 4) is 5.75 Å². The summed E-state index contributed by atoms with van der Waals surface area (Å²) in [5.41, 5.74) is 3.07. The van der Waals surface area contributed by atoms with Gasteiger partial charge in [0.15, 0.2) is 6.10 Å². The number of fused-ring (bicyclic) bond motifs is 1. The molecule has 6 nitrogen and oxygen atoms in total. The van der Waals surface area contributed by atoms with E-state index in [1.54, 1.807) is 0 Å². The Balaban J connectivity index is 1.14. The van der Waals surface area contributed by atoms with Crippen molar-refractivity contribution < 1.29 is 19.0 Å². The molecule has 0 aliphatic carbocycles. The molecular formula is C23H26N2O4. The van der Waals surface area contributed by atoms with Crippen LogP contribution in [0.2, 0.25) is 0 Å². The average molecular weight is 394 g/mol. The minimum Gasteiger partial charge on any atom is -0.480 e. The number of likely N-dealkylation sites (tertiary alicyclic amines) is 1. The number of ether oxygens (including phenoxy) is 3. The zero-order chi connectivity index (χ0) is 19.8. The van der Waals surface area contributed by atoms with Crippen LogP contribution < -0.4 is 4.74 Å². The summed E-state index contributed by atoms with van der Waals surface area (Å²) < 4.78 is 18.1. The second-order valence-corrected chi connectivity index (χ2v) is 8.44. The molecule has 1 spiro atoms. The lowest BCUT2D eigenvalue weighted by atomic mass is 9.84. The molecule has 2 atom stereocenters. The SMILES string of the molecule is Cc1cncc(CO[C@@H]2CCOC3(C2)CN(C(=O)[C@H]2Cc4ccccc4O2)C3)c1. The molecule has 4 heterocycles. The average Bonchev–Trinajstić information content (AvgIpc) is 3.14. The highest BCUT2D eigenvalue weighted by Gasteiger charge is 2.51. The number of aryl methyl sites for hydroxylation is 1. The highest BCUT2D eigenvalue weighted by atomic mass is 16.5. The first-order chi connectivity index (χ1) is 14.1. The lowest BCUT2D eigenvalue weighted by Crippen LogP contribution is -2.68. The predicted octanol–water partition coefficient (Wildman–Crippen LogP) is 2.67. The van der Waals surface area contributed by atoms with E-state index in [9.17, 15) is 4.79 Å². The number of nitrogens with zero attached hydrogens (tertiary/aromatic N) is 2. The molecule has 0 N–H and O–H groups in total. The van der Waals surface area contributed by atoms with E-state index in [1.807, 2.05) is 48.5 Å². The number of pyridine rings is 1. The number of para-hydroxylation sites is 1. The van der Waals surface area contributed by atoms with Crippen molar-refractivity contribution in [3.05, 3.63) is 59.4 Å². The van der Waals surface area contributed by atoms with Crippen molar-refractivity contribution in [1.82, 2.24) is 9.88 Å². The predicted molar refractivity (Wildman–Crippen MR) is 107 cm³/mol. The van der Waals surface area contributed by atoms with Gasteiger partial charge in [-0.15, -0.1) is 0 Å². The summed E-state index contributed by atoms with van der Waals surface area (Å²) in [5.74, 6) is 0.887. The minimum absolute atomic E-state index is 0.0595. The van der Waals surface area contributed by atoms with Gasteiger partial charge in [0.05, 0.1) is 25.8 Å². The van der Waals surface area contributed by atoms with Crippen LogP contribution in [-0.2, 0) is 27.3 Å². The number of rotatable bonds is 4. The summed E-state index contributed by atoms with van der Waals surface area (Å²) >= 11 is 0. The zero-order valence-electron chi connectivity index (χ0n) is 16.7. The van der Waals surface area contributed by atoms with Crippen LogP contribution in [0.1, 0.15) is 29.5 Å². The van der Waals surface area contributed by atoms with E-state index >= 15 is 0 Å². The molecule has 3 aliphatic rings. The van der Waals surface area contributed by atoms with Crippen molar-refractivity contribution in [2.45, 2.75) is 50.6 Å². The molecule has 0 radical (unpaired) electrons. The van der Waals surface area contributed by atoms with Crippen LogP contribution in [0.25, 0.3) is 0 Å². The summed E-state index contributed by atoms with van der Waals surface area (Å²) in [7, 11) is 0. The molecule has 1 aromatic heterocycles.